The van der Waals surface area contributed by atoms with Gasteiger partial charge in [0.15, 0.2) is 0 Å². The van der Waals surface area contributed by atoms with E-state index in [9.17, 15) is 5.11 Å². The molecule has 5 aliphatic rings. The van der Waals surface area contributed by atoms with Crippen molar-refractivity contribution < 1.29 is 5.11 Å². The van der Waals surface area contributed by atoms with Gasteiger partial charge in [-0.1, -0.05) is 13.3 Å². The van der Waals surface area contributed by atoms with Crippen molar-refractivity contribution in [3.63, 3.8) is 0 Å². The Hall–Kier alpha value is -1.22. The van der Waals surface area contributed by atoms with Crippen LogP contribution in [0.15, 0.2) is 5.76 Å². The summed E-state index contributed by atoms with van der Waals surface area (Å²) in [6.07, 6.45) is 9.11. The Morgan fingerprint density at radius 1 is 1.27 bits per heavy atom. The van der Waals surface area contributed by atoms with Crippen molar-refractivity contribution in [2.45, 2.75) is 57.4 Å². The van der Waals surface area contributed by atoms with Crippen LogP contribution in [0.4, 0.5) is 0 Å². The molecular formula is C19H26N2O. The number of aliphatic hydroxyl groups is 1. The van der Waals surface area contributed by atoms with E-state index in [1.165, 1.54) is 54.9 Å². The zero-order chi connectivity index (χ0) is 14.8. The van der Waals surface area contributed by atoms with Crippen molar-refractivity contribution >= 4 is 6.08 Å². The van der Waals surface area contributed by atoms with Gasteiger partial charge in [0, 0.05) is 48.4 Å². The van der Waals surface area contributed by atoms with E-state index in [-0.39, 0.29) is 0 Å². The number of hydrogen-bond acceptors (Lipinski definition) is 2. The molecule has 2 aliphatic carbocycles. The first-order chi connectivity index (χ1) is 10.7. The Balaban J connectivity index is 1.63. The molecule has 3 aliphatic heterocycles. The molecule has 3 fully saturated rings. The maximum Gasteiger partial charge on any atom is 0.0933 e. The zero-order valence-corrected chi connectivity index (χ0v) is 13.4. The lowest BCUT2D eigenvalue weighted by molar-refractivity contribution is -0.0135. The third-order valence-electron chi connectivity index (χ3n) is 6.78. The van der Waals surface area contributed by atoms with Crippen molar-refractivity contribution in [2.24, 2.45) is 11.8 Å². The van der Waals surface area contributed by atoms with Gasteiger partial charge in [-0.2, -0.15) is 0 Å². The summed E-state index contributed by atoms with van der Waals surface area (Å²) in [6, 6.07) is 0.758. The predicted octanol–water partition coefficient (Wildman–Crippen LogP) is 3.62. The summed E-state index contributed by atoms with van der Waals surface area (Å²) in [7, 11) is 0. The molecule has 118 valence electrons. The summed E-state index contributed by atoms with van der Waals surface area (Å²) in [6.45, 7) is 4.91. The minimum Gasteiger partial charge on any atom is -0.512 e. The number of hydrogen-bond donors (Lipinski definition) is 2. The van der Waals surface area contributed by atoms with Crippen LogP contribution < -0.4 is 0 Å². The van der Waals surface area contributed by atoms with Crippen LogP contribution in [0.25, 0.3) is 6.08 Å². The molecule has 1 aromatic heterocycles. The number of allylic oxidation sites excluding steroid dienone is 1. The summed E-state index contributed by atoms with van der Waals surface area (Å²) >= 11 is 0. The fourth-order valence-electron chi connectivity index (χ4n) is 5.92. The minimum atomic E-state index is 0.565. The Labute approximate surface area is 132 Å². The first-order valence-electron chi connectivity index (χ1n) is 9.11. The molecule has 5 unspecified atom stereocenters. The van der Waals surface area contributed by atoms with Crippen molar-refractivity contribution in [1.82, 2.24) is 9.88 Å². The van der Waals surface area contributed by atoms with Gasteiger partial charge in [-0.3, -0.25) is 4.90 Å². The van der Waals surface area contributed by atoms with Crippen molar-refractivity contribution in [1.29, 1.82) is 0 Å². The molecule has 1 saturated carbocycles. The molecule has 4 heterocycles. The second-order valence-electron chi connectivity index (χ2n) is 7.89. The van der Waals surface area contributed by atoms with Crippen LogP contribution in [0.1, 0.15) is 61.0 Å². The Morgan fingerprint density at radius 3 is 3.05 bits per heavy atom. The smallest absolute Gasteiger partial charge is 0.0933 e. The van der Waals surface area contributed by atoms with E-state index in [1.807, 2.05) is 6.08 Å². The monoisotopic (exact) mass is 298 g/mol. The Morgan fingerprint density at radius 2 is 2.18 bits per heavy atom. The quantitative estimate of drug-likeness (QED) is 0.831. The van der Waals surface area contributed by atoms with Crippen molar-refractivity contribution in [2.75, 3.05) is 13.1 Å². The molecule has 0 radical (unpaired) electrons. The predicted molar refractivity (Wildman–Crippen MR) is 88.0 cm³/mol. The third kappa shape index (κ3) is 1.72. The lowest BCUT2D eigenvalue weighted by atomic mass is 9.65. The topological polar surface area (TPSA) is 39.3 Å². The van der Waals surface area contributed by atoms with Gasteiger partial charge in [-0.25, -0.2) is 0 Å². The van der Waals surface area contributed by atoms with E-state index < -0.39 is 0 Å². The minimum absolute atomic E-state index is 0.565. The number of aromatic amines is 1. The van der Waals surface area contributed by atoms with E-state index in [1.54, 1.807) is 0 Å². The van der Waals surface area contributed by atoms with Crippen LogP contribution in [0.3, 0.4) is 0 Å². The van der Waals surface area contributed by atoms with Gasteiger partial charge in [0.2, 0.25) is 0 Å². The lowest BCUT2D eigenvalue weighted by Gasteiger charge is -2.53. The molecule has 3 nitrogen and oxygen atoms in total. The average molecular weight is 298 g/mol. The molecule has 2 N–H and O–H groups in total. The second kappa shape index (κ2) is 4.64. The van der Waals surface area contributed by atoms with E-state index in [4.69, 9.17) is 0 Å². The van der Waals surface area contributed by atoms with Crippen LogP contribution in [-0.4, -0.2) is 34.1 Å². The zero-order valence-electron chi connectivity index (χ0n) is 13.4. The fourth-order valence-corrected chi connectivity index (χ4v) is 5.92. The van der Waals surface area contributed by atoms with Gasteiger partial charge in [0.05, 0.1) is 5.76 Å². The average Bonchev–Trinajstić information content (AvgIpc) is 2.85. The molecular weight excluding hydrogens is 272 g/mol. The number of fused-ring (bicyclic) bond motifs is 4. The fraction of sp³-hybridized carbons (Fsp3) is 0.684. The van der Waals surface area contributed by atoms with Crippen LogP contribution in [-0.2, 0) is 12.8 Å². The highest BCUT2D eigenvalue weighted by Gasteiger charge is 2.48. The number of piperidine rings is 2. The van der Waals surface area contributed by atoms with Crippen LogP contribution in [0, 0.1) is 11.8 Å². The highest BCUT2D eigenvalue weighted by Crippen LogP contribution is 2.51. The van der Waals surface area contributed by atoms with Crippen LogP contribution in [0.2, 0.25) is 0 Å². The van der Waals surface area contributed by atoms with Gasteiger partial charge in [0.1, 0.15) is 0 Å². The Bertz CT molecular complexity index is 644. The van der Waals surface area contributed by atoms with Crippen LogP contribution >= 0.6 is 0 Å². The number of nitrogens with zero attached hydrogens (tertiary/aromatic N) is 1. The molecule has 6 rings (SSSR count). The highest BCUT2D eigenvalue weighted by molar-refractivity contribution is 5.63. The maximum absolute atomic E-state index is 9.96. The Kier molecular flexibility index (Phi) is 2.79. The highest BCUT2D eigenvalue weighted by atomic mass is 16.3. The maximum atomic E-state index is 9.96. The number of aliphatic hydroxyl groups excluding tert-OH is 1. The second-order valence-corrected chi connectivity index (χ2v) is 7.89. The number of aromatic nitrogens is 1. The van der Waals surface area contributed by atoms with Gasteiger partial charge in [0.25, 0.3) is 0 Å². The first kappa shape index (κ1) is 13.2. The summed E-state index contributed by atoms with van der Waals surface area (Å²) in [5, 5.41) is 9.96. The summed E-state index contributed by atoms with van der Waals surface area (Å²) < 4.78 is 0. The van der Waals surface area contributed by atoms with Gasteiger partial charge < -0.3 is 10.1 Å². The van der Waals surface area contributed by atoms with Crippen molar-refractivity contribution in [3.05, 3.63) is 28.3 Å². The molecule has 0 aromatic carbocycles. The summed E-state index contributed by atoms with van der Waals surface area (Å²) in [4.78, 5) is 6.61. The van der Waals surface area contributed by atoms with Crippen molar-refractivity contribution in [3.8, 4) is 0 Å². The summed E-state index contributed by atoms with van der Waals surface area (Å²) in [5.41, 5.74) is 5.77. The normalized spacial score (nSPS) is 39.0. The molecule has 2 saturated heterocycles. The largest absolute Gasteiger partial charge is 0.512 e. The summed E-state index contributed by atoms with van der Waals surface area (Å²) in [5.74, 6) is 3.05. The molecule has 22 heavy (non-hydrogen) atoms. The van der Waals surface area contributed by atoms with E-state index in [0.717, 1.165) is 37.1 Å². The molecule has 4 bridgehead atoms. The lowest BCUT2D eigenvalue weighted by Crippen LogP contribution is -2.56. The van der Waals surface area contributed by atoms with Crippen LogP contribution in [0.5, 0.6) is 0 Å². The molecule has 3 heteroatoms. The van der Waals surface area contributed by atoms with E-state index >= 15 is 0 Å². The standard InChI is InChI=1S/C19H26N2O/c1-2-12-7-11-8-16-18-14(5-6-21(10-11)19(12)16)15-9-13(22)3-4-17(15)20-18/h9,11-12,16,19-20,22H,2-8,10H2,1H3. The van der Waals surface area contributed by atoms with Gasteiger partial charge >= 0.3 is 0 Å². The first-order valence-corrected chi connectivity index (χ1v) is 9.11. The number of aryl methyl sites for hydroxylation is 1. The molecule has 5 atom stereocenters. The molecule has 0 amide bonds. The number of rotatable bonds is 1. The molecule has 1 aromatic rings. The third-order valence-corrected chi connectivity index (χ3v) is 6.78. The number of H-pyrrole nitrogens is 1. The van der Waals surface area contributed by atoms with E-state index in [0.29, 0.717) is 11.7 Å². The van der Waals surface area contributed by atoms with Gasteiger partial charge in [-0.15, -0.1) is 0 Å². The molecule has 0 spiro atoms. The van der Waals surface area contributed by atoms with Gasteiger partial charge in [-0.05, 0) is 49.2 Å². The number of nitrogens with one attached hydrogen (secondary N) is 1. The van der Waals surface area contributed by atoms with E-state index in [2.05, 4.69) is 16.8 Å². The SMILES string of the molecule is CCC1CC2CC3c4[nH]c5c(c4CCN(C2)C13)C=C(O)CC5.